The Hall–Kier alpha value is -3.77. The monoisotopic (exact) mass is 576 g/mol. The van der Waals surface area contributed by atoms with Crippen molar-refractivity contribution in [1.29, 1.82) is 0 Å². The molecule has 0 radical (unpaired) electrons. The summed E-state index contributed by atoms with van der Waals surface area (Å²) in [7, 11) is -1.24. The fourth-order valence-corrected chi connectivity index (χ4v) is 6.08. The number of hydrogen-bond acceptors (Lipinski definition) is 7. The van der Waals surface area contributed by atoms with E-state index in [2.05, 4.69) is 47.1 Å². The van der Waals surface area contributed by atoms with Gasteiger partial charge in [-0.1, -0.05) is 38.7 Å². The predicted molar refractivity (Wildman–Crippen MR) is 163 cm³/mol. The molecule has 1 aliphatic rings. The predicted octanol–water partition coefficient (Wildman–Crippen LogP) is 4.63. The number of nitrogens with one attached hydrogen (secondary N) is 1. The van der Waals surface area contributed by atoms with Crippen molar-refractivity contribution in [3.8, 4) is 0 Å². The largest absolute Gasteiger partial charge is 0.383 e. The first-order valence-corrected chi connectivity index (χ1v) is 18.0. The normalized spacial score (nSPS) is 17.8. The van der Waals surface area contributed by atoms with E-state index < -0.39 is 19.9 Å². The lowest BCUT2D eigenvalue weighted by Gasteiger charge is -2.38. The highest BCUT2D eigenvalue weighted by atomic mass is 28.3. The number of benzene rings is 1. The number of rotatable bonds is 8. The molecular weight excluding hydrogens is 536 g/mol. The molecule has 3 aromatic heterocycles. The molecule has 2 amide bonds. The van der Waals surface area contributed by atoms with Gasteiger partial charge in [0.1, 0.15) is 12.5 Å². The van der Waals surface area contributed by atoms with Crippen molar-refractivity contribution in [2.45, 2.75) is 71.7 Å². The lowest BCUT2D eigenvalue weighted by molar-refractivity contribution is -0.146. The number of ether oxygens (including phenoxy) is 1. The van der Waals surface area contributed by atoms with Crippen LogP contribution in [0.3, 0.4) is 0 Å². The van der Waals surface area contributed by atoms with Crippen molar-refractivity contribution in [1.82, 2.24) is 29.4 Å². The zero-order chi connectivity index (χ0) is 29.3. The van der Waals surface area contributed by atoms with Crippen LogP contribution >= 0.6 is 0 Å². The maximum absolute atomic E-state index is 13.7. The topological polar surface area (TPSA) is 133 Å². The Morgan fingerprint density at radius 1 is 1.20 bits per heavy atom. The van der Waals surface area contributed by atoms with Gasteiger partial charge in [-0.3, -0.25) is 14.3 Å². The van der Waals surface area contributed by atoms with E-state index in [1.165, 1.54) is 6.20 Å². The summed E-state index contributed by atoms with van der Waals surface area (Å²) in [4.78, 5) is 33.1. The van der Waals surface area contributed by atoms with E-state index in [0.29, 0.717) is 35.6 Å². The van der Waals surface area contributed by atoms with E-state index in [0.717, 1.165) is 41.9 Å². The molecule has 0 aliphatic carbocycles. The van der Waals surface area contributed by atoms with Gasteiger partial charge in [-0.15, -0.1) is 0 Å². The van der Waals surface area contributed by atoms with Crippen LogP contribution in [0, 0.1) is 5.92 Å². The first-order valence-electron chi connectivity index (χ1n) is 14.3. The highest BCUT2D eigenvalue weighted by Crippen LogP contribution is 2.35. The minimum Gasteiger partial charge on any atom is -0.383 e. The van der Waals surface area contributed by atoms with Gasteiger partial charge >= 0.3 is 11.8 Å². The molecule has 1 saturated heterocycles. The van der Waals surface area contributed by atoms with Gasteiger partial charge in [0.15, 0.2) is 0 Å². The van der Waals surface area contributed by atoms with Crippen LogP contribution in [0.1, 0.15) is 38.3 Å². The first-order chi connectivity index (χ1) is 19.5. The summed E-state index contributed by atoms with van der Waals surface area (Å²) in [6.45, 7) is 13.1. The quantitative estimate of drug-likeness (QED) is 0.177. The smallest absolute Gasteiger partial charge is 0.314 e. The number of hydrogen-bond donors (Lipinski definition) is 2. The van der Waals surface area contributed by atoms with Crippen LogP contribution in [0.2, 0.25) is 25.7 Å². The molecule has 0 spiro atoms. The van der Waals surface area contributed by atoms with Gasteiger partial charge in [-0.2, -0.15) is 10.2 Å². The second-order valence-electron chi connectivity index (χ2n) is 12.2. The molecule has 5 rings (SSSR count). The Kier molecular flexibility index (Phi) is 8.14. The van der Waals surface area contributed by atoms with Gasteiger partial charge in [0.25, 0.3) is 0 Å². The van der Waals surface area contributed by atoms with Crippen LogP contribution in [0.15, 0.2) is 36.8 Å². The Balaban J connectivity index is 1.37. The van der Waals surface area contributed by atoms with Crippen molar-refractivity contribution in [2.24, 2.45) is 5.92 Å². The molecule has 11 nitrogen and oxygen atoms in total. The second kappa shape index (κ2) is 11.6. The van der Waals surface area contributed by atoms with E-state index in [-0.39, 0.29) is 18.7 Å². The van der Waals surface area contributed by atoms with Crippen LogP contribution in [0.5, 0.6) is 0 Å². The number of carbonyl (C=O) groups is 2. The average molecular weight is 577 g/mol. The Morgan fingerprint density at radius 2 is 2.00 bits per heavy atom. The van der Waals surface area contributed by atoms with Crippen LogP contribution in [0.4, 0.5) is 11.5 Å². The molecule has 218 valence electrons. The molecule has 2 atom stereocenters. The maximum Gasteiger partial charge on any atom is 0.314 e. The number of nitrogens with zero attached hydrogens (tertiary/aromatic N) is 6. The van der Waals surface area contributed by atoms with Crippen LogP contribution in [-0.2, 0) is 27.6 Å². The molecule has 0 saturated carbocycles. The lowest BCUT2D eigenvalue weighted by Crippen LogP contribution is -2.46. The number of anilines is 2. The highest BCUT2D eigenvalue weighted by molar-refractivity contribution is 6.76. The fourth-order valence-electron chi connectivity index (χ4n) is 5.32. The summed E-state index contributed by atoms with van der Waals surface area (Å²) >= 11 is 0. The number of amides is 2. The van der Waals surface area contributed by atoms with Gasteiger partial charge in [0, 0.05) is 39.4 Å². The first kappa shape index (κ1) is 28.7. The summed E-state index contributed by atoms with van der Waals surface area (Å²) < 4.78 is 9.45. The minimum atomic E-state index is -1.24. The number of nitrogen functional groups attached to an aromatic ring is 1. The van der Waals surface area contributed by atoms with Gasteiger partial charge in [0.05, 0.1) is 40.5 Å². The van der Waals surface area contributed by atoms with Gasteiger partial charge in [-0.05, 0) is 43.4 Å². The summed E-state index contributed by atoms with van der Waals surface area (Å²) in [5.41, 5.74) is 8.92. The third-order valence-corrected chi connectivity index (χ3v) is 9.43. The summed E-state index contributed by atoms with van der Waals surface area (Å²) in [5.74, 6) is -0.724. The molecule has 0 bridgehead atoms. The number of pyridine rings is 1. The Bertz CT molecular complexity index is 1570. The average Bonchev–Trinajstić information content (AvgIpc) is 3.56. The number of likely N-dealkylation sites (tertiary alicyclic amines) is 1. The van der Waals surface area contributed by atoms with Crippen molar-refractivity contribution >= 4 is 53.2 Å². The van der Waals surface area contributed by atoms with Crippen molar-refractivity contribution in [3.63, 3.8) is 0 Å². The number of nitrogens with two attached hydrogens (primary N) is 1. The molecule has 12 heteroatoms. The molecular formula is C29H40N8O3Si. The zero-order valence-corrected chi connectivity index (χ0v) is 25.6. The van der Waals surface area contributed by atoms with E-state index in [9.17, 15) is 9.59 Å². The molecule has 4 heterocycles. The third-order valence-electron chi connectivity index (χ3n) is 7.72. The minimum absolute atomic E-state index is 0.205. The van der Waals surface area contributed by atoms with E-state index in [1.54, 1.807) is 15.8 Å². The van der Waals surface area contributed by atoms with E-state index in [1.807, 2.05) is 36.0 Å². The number of fused-ring (bicyclic) bond motifs is 2. The molecule has 0 unspecified atom stereocenters. The molecule has 1 aliphatic heterocycles. The van der Waals surface area contributed by atoms with E-state index in [4.69, 9.17) is 10.5 Å². The molecule has 1 aromatic carbocycles. The molecule has 4 aromatic rings. The molecule has 1 fully saturated rings. The van der Waals surface area contributed by atoms with Crippen molar-refractivity contribution in [3.05, 3.63) is 42.4 Å². The highest BCUT2D eigenvalue weighted by Gasteiger charge is 2.35. The molecule has 3 N–H and O–H groups in total. The van der Waals surface area contributed by atoms with E-state index >= 15 is 0 Å². The SMILES string of the molecule is CCn1cc2ccc([C@H]3CC[C@H](C)CN3C(=O)C(=O)Nc3cnc(N)c4cnn(COCC[Si](C)(C)C)c34)cc2n1. The van der Waals surface area contributed by atoms with Crippen LogP contribution in [-0.4, -0.2) is 62.5 Å². The Labute approximate surface area is 241 Å². The molecule has 41 heavy (non-hydrogen) atoms. The zero-order valence-electron chi connectivity index (χ0n) is 24.6. The second-order valence-corrected chi connectivity index (χ2v) is 17.8. The van der Waals surface area contributed by atoms with Gasteiger partial charge < -0.3 is 20.7 Å². The summed E-state index contributed by atoms with van der Waals surface area (Å²) in [6.07, 6.45) is 6.83. The number of aromatic nitrogens is 5. The maximum atomic E-state index is 13.7. The lowest BCUT2D eigenvalue weighted by atomic mass is 9.89. The standard InChI is InChI=1S/C29H40N8O3Si/c1-6-35-17-21-9-8-20(13-23(21)34-35)25-10-7-19(2)16-36(25)29(39)28(38)33-24-15-31-27(30)22-14-32-37(26(22)24)18-40-11-12-41(3,4)5/h8-9,13-15,17,19,25H,6-7,10-12,16,18H2,1-5H3,(H2,30,31)(H,33,38)/t19-,25+/m0/s1. The Morgan fingerprint density at radius 3 is 2.76 bits per heavy atom. The number of aryl methyl sites for hydroxylation is 1. The van der Waals surface area contributed by atoms with Crippen LogP contribution < -0.4 is 11.1 Å². The number of piperidine rings is 1. The van der Waals surface area contributed by atoms with Gasteiger partial charge in [0.2, 0.25) is 0 Å². The third kappa shape index (κ3) is 6.28. The summed E-state index contributed by atoms with van der Waals surface area (Å²) in [5, 5.41) is 13.5. The van der Waals surface area contributed by atoms with Gasteiger partial charge in [-0.25, -0.2) is 9.67 Å². The number of carbonyl (C=O) groups excluding carboxylic acids is 2. The van der Waals surface area contributed by atoms with Crippen LogP contribution in [0.25, 0.3) is 21.8 Å². The summed E-state index contributed by atoms with van der Waals surface area (Å²) in [6, 6.07) is 6.92. The van der Waals surface area contributed by atoms with Crippen molar-refractivity contribution in [2.75, 3.05) is 24.2 Å². The fraction of sp³-hybridized carbons (Fsp3) is 0.483. The van der Waals surface area contributed by atoms with Crippen molar-refractivity contribution < 1.29 is 14.3 Å².